The summed E-state index contributed by atoms with van der Waals surface area (Å²) in [5.41, 5.74) is 0. The van der Waals surface area contributed by atoms with E-state index in [1.165, 1.54) is 5.92 Å². The molecule has 0 aliphatic rings. The van der Waals surface area contributed by atoms with E-state index in [2.05, 4.69) is 27.7 Å². The maximum absolute atomic E-state index is 9.36. The molecular formula is C8H16MgO. The van der Waals surface area contributed by atoms with E-state index >= 15 is 0 Å². The molecule has 0 spiro atoms. The van der Waals surface area contributed by atoms with E-state index < -0.39 is 0 Å². The van der Waals surface area contributed by atoms with E-state index in [1.807, 2.05) is 0 Å². The summed E-state index contributed by atoms with van der Waals surface area (Å²) in [5, 5.41) is 0. The molecule has 0 rings (SSSR count). The molecule has 0 aromatic carbocycles. The van der Waals surface area contributed by atoms with Crippen LogP contribution in [0.1, 0.15) is 33.6 Å². The molecule has 0 fully saturated rings. The molecule has 56 valence electrons. The number of unbranched alkanes of at least 4 members (excludes halogenated alkanes) is 1. The number of carbonyl (C=O) groups excluding carboxylic acids is 1. The van der Waals surface area contributed by atoms with Gasteiger partial charge in [-0.1, -0.05) is 0 Å². The van der Waals surface area contributed by atoms with Gasteiger partial charge in [0.15, 0.2) is 0 Å². The number of carbonyl (C=O) groups is 1. The summed E-state index contributed by atoms with van der Waals surface area (Å²) < 4.78 is 0. The fourth-order valence-electron chi connectivity index (χ4n) is 0.0833. The van der Waals surface area contributed by atoms with E-state index in [4.69, 9.17) is 0 Å². The Kier molecular flexibility index (Phi) is 27.2. The van der Waals surface area contributed by atoms with Crippen LogP contribution in [0, 0.1) is 12.8 Å². The minimum Gasteiger partial charge on any atom is -0.343 e. The van der Waals surface area contributed by atoms with Crippen LogP contribution in [-0.2, 0) is 4.79 Å². The zero-order valence-corrected chi connectivity index (χ0v) is 8.73. The minimum absolute atomic E-state index is 0. The van der Waals surface area contributed by atoms with Crippen molar-refractivity contribution in [1.29, 1.82) is 0 Å². The van der Waals surface area contributed by atoms with Gasteiger partial charge in [0.1, 0.15) is 6.29 Å². The summed E-state index contributed by atoms with van der Waals surface area (Å²) in [6.45, 7) is 9.69. The fourth-order valence-corrected chi connectivity index (χ4v) is 0.0833. The van der Waals surface area contributed by atoms with Gasteiger partial charge in [0.25, 0.3) is 0 Å². The first kappa shape index (κ1) is 16.8. The Morgan fingerprint density at radius 2 is 1.70 bits per heavy atom. The number of hydrogen-bond donors (Lipinski definition) is 0. The van der Waals surface area contributed by atoms with E-state index in [0.717, 1.165) is 12.7 Å². The van der Waals surface area contributed by atoms with Crippen molar-refractivity contribution in [3.05, 3.63) is 12.8 Å². The number of hydrogen-bond acceptors (Lipinski definition) is 1. The number of rotatable bonds is 2. The Balaban J connectivity index is -0.0000000910. The normalized spacial score (nSPS) is 7.30. The second-order valence-corrected chi connectivity index (χ2v) is 2.31. The molecule has 0 atom stereocenters. The molecule has 0 saturated carbocycles. The predicted octanol–water partition coefficient (Wildman–Crippen LogP) is 2.04. The molecule has 0 aliphatic carbocycles. The van der Waals surface area contributed by atoms with Gasteiger partial charge in [-0.05, 0) is 6.42 Å². The smallest absolute Gasteiger partial charge is 0.343 e. The first-order chi connectivity index (χ1) is 4.15. The van der Waals surface area contributed by atoms with Crippen molar-refractivity contribution in [3.8, 4) is 0 Å². The van der Waals surface area contributed by atoms with E-state index in [0.29, 0.717) is 6.42 Å². The molecule has 0 aliphatic heterocycles. The standard InChI is InChI=1S/C4H7O.C4H9.Mg/c1-2-3-4-5;1-4(2)3;/h4H,1-3H2;1-3H3;/q2*-1;+2. The molecule has 0 heterocycles. The summed E-state index contributed by atoms with van der Waals surface area (Å²) in [7, 11) is 0. The second-order valence-electron chi connectivity index (χ2n) is 2.31. The van der Waals surface area contributed by atoms with Crippen LogP contribution in [-0.4, -0.2) is 29.3 Å². The van der Waals surface area contributed by atoms with Crippen LogP contribution in [0.25, 0.3) is 0 Å². The molecule has 0 aromatic heterocycles. The first-order valence-electron chi connectivity index (χ1n) is 3.14. The summed E-state index contributed by atoms with van der Waals surface area (Å²) >= 11 is 0. The summed E-state index contributed by atoms with van der Waals surface area (Å²) in [4.78, 5) is 9.36. The van der Waals surface area contributed by atoms with Crippen LogP contribution in [0.2, 0.25) is 0 Å². The summed E-state index contributed by atoms with van der Waals surface area (Å²) in [6, 6.07) is 0. The van der Waals surface area contributed by atoms with Gasteiger partial charge < -0.3 is 17.6 Å². The van der Waals surface area contributed by atoms with Gasteiger partial charge in [0.05, 0.1) is 0 Å². The predicted molar refractivity (Wildman–Crippen MR) is 46.7 cm³/mol. The zero-order valence-electron chi connectivity index (χ0n) is 7.31. The number of aldehydes is 1. The molecule has 0 unspecified atom stereocenters. The van der Waals surface area contributed by atoms with Gasteiger partial charge in [0, 0.05) is 0 Å². The van der Waals surface area contributed by atoms with Crippen molar-refractivity contribution in [3.63, 3.8) is 0 Å². The maximum atomic E-state index is 9.36. The molecule has 0 saturated heterocycles. The van der Waals surface area contributed by atoms with Gasteiger partial charge in [0.2, 0.25) is 0 Å². The first-order valence-corrected chi connectivity index (χ1v) is 3.14. The Hall–Kier alpha value is 0.436. The quantitative estimate of drug-likeness (QED) is 0.336. The van der Waals surface area contributed by atoms with Gasteiger partial charge in [-0.2, -0.15) is 27.2 Å². The van der Waals surface area contributed by atoms with Gasteiger partial charge in [-0.15, -0.1) is 0 Å². The van der Waals surface area contributed by atoms with Crippen molar-refractivity contribution in [1.82, 2.24) is 0 Å². The van der Waals surface area contributed by atoms with Crippen LogP contribution in [0.4, 0.5) is 0 Å². The van der Waals surface area contributed by atoms with Gasteiger partial charge in [-0.3, -0.25) is 0 Å². The molecule has 0 N–H and O–H groups in total. The molecular weight excluding hydrogens is 136 g/mol. The minimum atomic E-state index is 0. The zero-order chi connectivity index (χ0) is 7.70. The Bertz CT molecular complexity index is 50.5. The fraction of sp³-hybridized carbons (Fsp3) is 0.625. The van der Waals surface area contributed by atoms with E-state index in [-0.39, 0.29) is 23.1 Å². The van der Waals surface area contributed by atoms with Crippen molar-refractivity contribution in [2.24, 2.45) is 0 Å². The Morgan fingerprint density at radius 1 is 1.40 bits per heavy atom. The van der Waals surface area contributed by atoms with E-state index in [1.54, 1.807) is 0 Å². The molecule has 10 heavy (non-hydrogen) atoms. The van der Waals surface area contributed by atoms with E-state index in [9.17, 15) is 4.79 Å². The molecule has 0 aromatic rings. The summed E-state index contributed by atoms with van der Waals surface area (Å²) in [6.07, 6.45) is 2.19. The summed E-state index contributed by atoms with van der Waals surface area (Å²) in [5.74, 6) is 1.42. The van der Waals surface area contributed by atoms with Crippen molar-refractivity contribution in [2.45, 2.75) is 33.6 Å². The molecule has 0 radical (unpaired) electrons. The van der Waals surface area contributed by atoms with Gasteiger partial charge >= 0.3 is 23.1 Å². The maximum Gasteiger partial charge on any atom is 2.00 e. The SMILES string of the molecule is C[C-](C)C.[CH2-]CCC=O.[Mg+2]. The van der Waals surface area contributed by atoms with Crippen LogP contribution in [0.5, 0.6) is 0 Å². The molecule has 0 bridgehead atoms. The monoisotopic (exact) mass is 152 g/mol. The third-order valence-electron chi connectivity index (χ3n) is 0.322. The van der Waals surface area contributed by atoms with Gasteiger partial charge in [-0.25, -0.2) is 0 Å². The average Bonchev–Trinajstić information content (AvgIpc) is 1.66. The van der Waals surface area contributed by atoms with Crippen LogP contribution >= 0.6 is 0 Å². The van der Waals surface area contributed by atoms with Crippen molar-refractivity contribution < 1.29 is 4.79 Å². The molecule has 0 amide bonds. The molecule has 1 nitrogen and oxygen atoms in total. The van der Waals surface area contributed by atoms with Crippen LogP contribution in [0.15, 0.2) is 0 Å². The second kappa shape index (κ2) is 16.2. The Labute approximate surface area is 80.7 Å². The largest absolute Gasteiger partial charge is 2.00 e. The third-order valence-corrected chi connectivity index (χ3v) is 0.322. The Morgan fingerprint density at radius 3 is 1.70 bits per heavy atom. The van der Waals surface area contributed by atoms with Crippen LogP contribution < -0.4 is 0 Å². The van der Waals surface area contributed by atoms with Crippen LogP contribution in [0.3, 0.4) is 0 Å². The third kappa shape index (κ3) is 78.6. The van der Waals surface area contributed by atoms with Crippen molar-refractivity contribution in [2.75, 3.05) is 0 Å². The average molecular weight is 153 g/mol. The topological polar surface area (TPSA) is 17.1 Å². The molecule has 2 heteroatoms. The van der Waals surface area contributed by atoms with Crippen molar-refractivity contribution >= 4 is 29.3 Å².